The highest BCUT2D eigenvalue weighted by molar-refractivity contribution is 5.96. The lowest BCUT2D eigenvalue weighted by Crippen LogP contribution is -2.21. The second-order valence-corrected chi connectivity index (χ2v) is 5.63. The van der Waals surface area contributed by atoms with Gasteiger partial charge in [0.25, 0.3) is 11.6 Å². The van der Waals surface area contributed by atoms with Crippen LogP contribution < -0.4 is 14.8 Å². The van der Waals surface area contributed by atoms with Gasteiger partial charge in [0.15, 0.2) is 18.1 Å². The van der Waals surface area contributed by atoms with Gasteiger partial charge in [-0.2, -0.15) is 8.78 Å². The third-order valence-corrected chi connectivity index (χ3v) is 3.64. The number of halogens is 2. The predicted octanol–water partition coefficient (Wildman–Crippen LogP) is 3.31. The largest absolute Gasteiger partial charge is 0.493 e. The van der Waals surface area contributed by atoms with Crippen molar-refractivity contribution in [2.75, 3.05) is 19.0 Å². The minimum absolute atomic E-state index is 0.0535. The number of ether oxygens (including phenoxy) is 3. The molecular weight excluding hydrogens is 394 g/mol. The third-order valence-electron chi connectivity index (χ3n) is 3.64. The van der Waals surface area contributed by atoms with E-state index >= 15 is 0 Å². The van der Waals surface area contributed by atoms with Gasteiger partial charge in [0.2, 0.25) is 0 Å². The van der Waals surface area contributed by atoms with E-state index in [1.165, 1.54) is 31.4 Å². The van der Waals surface area contributed by atoms with Gasteiger partial charge in [-0.3, -0.25) is 14.9 Å². The van der Waals surface area contributed by atoms with Crippen LogP contribution in [0.1, 0.15) is 15.9 Å². The molecule has 1 amide bonds. The van der Waals surface area contributed by atoms with Crippen LogP contribution in [0.3, 0.4) is 0 Å². The van der Waals surface area contributed by atoms with Crippen LogP contribution in [0.25, 0.3) is 0 Å². The number of carbonyl (C=O) groups is 2. The molecule has 0 aliphatic heterocycles. The molecule has 1 N–H and O–H groups in total. The molecule has 11 heteroatoms. The maximum absolute atomic E-state index is 12.3. The fraction of sp³-hybridized carbons (Fsp3) is 0.222. The monoisotopic (exact) mass is 410 g/mol. The molecule has 0 fully saturated rings. The van der Waals surface area contributed by atoms with E-state index in [-0.39, 0.29) is 28.4 Å². The number of anilines is 1. The zero-order valence-corrected chi connectivity index (χ0v) is 15.3. The van der Waals surface area contributed by atoms with Gasteiger partial charge in [-0.05, 0) is 31.2 Å². The summed E-state index contributed by atoms with van der Waals surface area (Å²) in [5, 5.41) is 13.3. The standard InChI is InChI=1S/C18H16F2N2O7/c1-10-3-5-12(8-13(10)22(25)26)21-16(23)9-28-17(24)11-4-6-14(29-18(19)20)15(7-11)27-2/h3-8,18H,9H2,1-2H3,(H,21,23). The SMILES string of the molecule is COc1cc(C(=O)OCC(=O)Nc2ccc(C)c([N+](=O)[O-])c2)ccc1OC(F)F. The lowest BCUT2D eigenvalue weighted by Gasteiger charge is -2.11. The summed E-state index contributed by atoms with van der Waals surface area (Å²) in [6.45, 7) is -2.18. The van der Waals surface area contributed by atoms with Gasteiger partial charge in [-0.25, -0.2) is 4.79 Å². The van der Waals surface area contributed by atoms with E-state index in [4.69, 9.17) is 9.47 Å². The molecule has 0 saturated heterocycles. The summed E-state index contributed by atoms with van der Waals surface area (Å²) in [7, 11) is 1.21. The van der Waals surface area contributed by atoms with Gasteiger partial charge in [0, 0.05) is 17.3 Å². The van der Waals surface area contributed by atoms with Crippen LogP contribution in [-0.2, 0) is 9.53 Å². The molecular formula is C18H16F2N2O7. The minimum atomic E-state index is -3.07. The van der Waals surface area contributed by atoms with Crippen molar-refractivity contribution in [1.29, 1.82) is 0 Å². The van der Waals surface area contributed by atoms with E-state index in [1.54, 1.807) is 6.92 Å². The fourth-order valence-electron chi connectivity index (χ4n) is 2.28. The highest BCUT2D eigenvalue weighted by Crippen LogP contribution is 2.29. The minimum Gasteiger partial charge on any atom is -0.493 e. The van der Waals surface area contributed by atoms with Crippen molar-refractivity contribution in [2.24, 2.45) is 0 Å². The molecule has 0 atom stereocenters. The number of esters is 1. The summed E-state index contributed by atoms with van der Waals surface area (Å²) in [5.41, 5.74) is 0.367. The number of nitro groups is 1. The van der Waals surface area contributed by atoms with Crippen molar-refractivity contribution >= 4 is 23.3 Å². The van der Waals surface area contributed by atoms with Gasteiger partial charge in [0.1, 0.15) is 0 Å². The molecule has 154 valence electrons. The first-order valence-corrected chi connectivity index (χ1v) is 8.06. The van der Waals surface area contributed by atoms with E-state index in [0.29, 0.717) is 5.56 Å². The number of methoxy groups -OCH3 is 1. The van der Waals surface area contributed by atoms with Crippen molar-refractivity contribution in [3.63, 3.8) is 0 Å². The Kier molecular flexibility index (Phi) is 7.01. The maximum atomic E-state index is 12.3. The van der Waals surface area contributed by atoms with Gasteiger partial charge in [-0.15, -0.1) is 0 Å². The first-order chi connectivity index (χ1) is 13.7. The average molecular weight is 410 g/mol. The maximum Gasteiger partial charge on any atom is 0.387 e. The second kappa shape index (κ2) is 9.44. The van der Waals surface area contributed by atoms with Crippen LogP contribution in [0.5, 0.6) is 11.5 Å². The van der Waals surface area contributed by atoms with Gasteiger partial charge in [-0.1, -0.05) is 6.07 Å². The average Bonchev–Trinajstić information content (AvgIpc) is 2.67. The summed E-state index contributed by atoms with van der Waals surface area (Å²) < 4.78 is 38.6. The number of aryl methyl sites for hydroxylation is 1. The second-order valence-electron chi connectivity index (χ2n) is 5.63. The molecule has 2 rings (SSSR count). The van der Waals surface area contributed by atoms with E-state index in [0.717, 1.165) is 12.1 Å². The number of rotatable bonds is 8. The molecule has 0 aromatic heterocycles. The number of hydrogen-bond donors (Lipinski definition) is 1. The van der Waals surface area contributed by atoms with Gasteiger partial charge in [0.05, 0.1) is 17.6 Å². The molecule has 0 unspecified atom stereocenters. The highest BCUT2D eigenvalue weighted by atomic mass is 19.3. The number of carbonyl (C=O) groups excluding carboxylic acids is 2. The fourth-order valence-corrected chi connectivity index (χ4v) is 2.28. The molecule has 0 aliphatic rings. The zero-order chi connectivity index (χ0) is 21.6. The van der Waals surface area contributed by atoms with E-state index < -0.39 is 30.0 Å². The summed E-state index contributed by atoms with van der Waals surface area (Å²) in [6, 6.07) is 7.52. The molecule has 0 aliphatic carbocycles. The molecule has 29 heavy (non-hydrogen) atoms. The molecule has 0 radical (unpaired) electrons. The third kappa shape index (κ3) is 5.86. The number of amides is 1. The van der Waals surface area contributed by atoms with Crippen molar-refractivity contribution in [2.45, 2.75) is 13.5 Å². The summed E-state index contributed by atoms with van der Waals surface area (Å²) in [6.07, 6.45) is 0. The summed E-state index contributed by atoms with van der Waals surface area (Å²) >= 11 is 0. The van der Waals surface area contributed by atoms with Crippen LogP contribution in [0.4, 0.5) is 20.2 Å². The number of benzene rings is 2. The molecule has 2 aromatic rings. The van der Waals surface area contributed by atoms with E-state index in [2.05, 4.69) is 10.1 Å². The Morgan fingerprint density at radius 1 is 1.17 bits per heavy atom. The van der Waals surface area contributed by atoms with Crippen LogP contribution in [0.15, 0.2) is 36.4 Å². The van der Waals surface area contributed by atoms with E-state index in [1.807, 2.05) is 0 Å². The number of alkyl halides is 2. The quantitative estimate of drug-likeness (QED) is 0.403. The number of hydrogen-bond acceptors (Lipinski definition) is 7. The first kappa shape index (κ1) is 21.5. The zero-order valence-electron chi connectivity index (χ0n) is 15.3. The van der Waals surface area contributed by atoms with Crippen molar-refractivity contribution in [1.82, 2.24) is 0 Å². The number of nitrogens with zero attached hydrogens (tertiary/aromatic N) is 1. The van der Waals surface area contributed by atoms with Crippen LogP contribution in [0.2, 0.25) is 0 Å². The lowest BCUT2D eigenvalue weighted by atomic mass is 10.2. The Balaban J connectivity index is 1.99. The predicted molar refractivity (Wildman–Crippen MR) is 96.4 cm³/mol. The van der Waals surface area contributed by atoms with E-state index in [9.17, 15) is 28.5 Å². The Morgan fingerprint density at radius 2 is 1.90 bits per heavy atom. The molecule has 0 heterocycles. The molecule has 0 spiro atoms. The van der Waals surface area contributed by atoms with Crippen molar-refractivity contribution in [3.05, 3.63) is 57.6 Å². The molecule has 0 bridgehead atoms. The Hall–Kier alpha value is -3.76. The Bertz CT molecular complexity index is 934. The summed E-state index contributed by atoms with van der Waals surface area (Å²) in [4.78, 5) is 34.3. The topological polar surface area (TPSA) is 117 Å². The number of nitro benzene ring substituents is 1. The Labute approximate surface area is 163 Å². The normalized spacial score (nSPS) is 10.4. The molecule has 0 saturated carbocycles. The first-order valence-electron chi connectivity index (χ1n) is 8.06. The van der Waals surface area contributed by atoms with Crippen LogP contribution in [-0.4, -0.2) is 37.1 Å². The molecule has 2 aromatic carbocycles. The van der Waals surface area contributed by atoms with Crippen LogP contribution >= 0.6 is 0 Å². The lowest BCUT2D eigenvalue weighted by molar-refractivity contribution is -0.385. The van der Waals surface area contributed by atoms with Crippen LogP contribution in [0, 0.1) is 17.0 Å². The number of nitrogens with one attached hydrogen (secondary N) is 1. The van der Waals surface area contributed by atoms with Gasteiger partial charge < -0.3 is 19.5 Å². The summed E-state index contributed by atoms with van der Waals surface area (Å²) in [5.74, 6) is -2.01. The van der Waals surface area contributed by atoms with Crippen molar-refractivity contribution < 1.29 is 37.5 Å². The highest BCUT2D eigenvalue weighted by Gasteiger charge is 2.17. The Morgan fingerprint density at radius 3 is 2.52 bits per heavy atom. The van der Waals surface area contributed by atoms with Gasteiger partial charge >= 0.3 is 12.6 Å². The molecule has 9 nitrogen and oxygen atoms in total. The van der Waals surface area contributed by atoms with Crippen molar-refractivity contribution in [3.8, 4) is 11.5 Å². The smallest absolute Gasteiger partial charge is 0.387 e.